The van der Waals surface area contributed by atoms with E-state index in [1.807, 2.05) is 6.07 Å². The number of carbonyl (C=O) groups excluding carboxylic acids is 2. The molecule has 0 spiro atoms. The van der Waals surface area contributed by atoms with Gasteiger partial charge in [0.15, 0.2) is 0 Å². The largest absolute Gasteiger partial charge is 0.349 e. The average molecular weight is 347 g/mol. The van der Waals surface area contributed by atoms with Crippen LogP contribution < -0.4 is 10.6 Å². The predicted octanol–water partition coefficient (Wildman–Crippen LogP) is 3.87. The van der Waals surface area contributed by atoms with Crippen LogP contribution in [0.4, 0.5) is 5.69 Å². The van der Waals surface area contributed by atoms with Gasteiger partial charge in [0.25, 0.3) is 11.8 Å². The first-order chi connectivity index (χ1) is 12.7. The summed E-state index contributed by atoms with van der Waals surface area (Å²) < 4.78 is 0. The number of nitriles is 1. The summed E-state index contributed by atoms with van der Waals surface area (Å²) in [7, 11) is 0. The van der Waals surface area contributed by atoms with E-state index in [4.69, 9.17) is 5.26 Å². The first-order valence-corrected chi connectivity index (χ1v) is 8.88. The molecule has 2 aromatic carbocycles. The topological polar surface area (TPSA) is 82.0 Å². The molecule has 0 atom stereocenters. The zero-order valence-electron chi connectivity index (χ0n) is 14.5. The Morgan fingerprint density at radius 3 is 2.35 bits per heavy atom. The first kappa shape index (κ1) is 17.7. The van der Waals surface area contributed by atoms with Gasteiger partial charge in [-0.2, -0.15) is 5.26 Å². The number of nitrogens with one attached hydrogen (secondary N) is 2. The molecular weight excluding hydrogens is 326 g/mol. The molecule has 26 heavy (non-hydrogen) atoms. The summed E-state index contributed by atoms with van der Waals surface area (Å²) in [5.74, 6) is -0.453. The molecule has 0 aliphatic heterocycles. The highest BCUT2D eigenvalue weighted by Crippen LogP contribution is 2.18. The van der Waals surface area contributed by atoms with Gasteiger partial charge in [0.05, 0.1) is 11.6 Å². The molecule has 1 saturated carbocycles. The van der Waals surface area contributed by atoms with E-state index in [9.17, 15) is 9.59 Å². The number of nitrogens with zero attached hydrogens (tertiary/aromatic N) is 1. The minimum atomic E-state index is -0.313. The molecule has 0 unspecified atom stereocenters. The standard InChI is InChI=1S/C21H21N3O2/c22-14-15-6-4-11-19(12-15)24-21(26)17-8-5-7-16(13-17)20(25)23-18-9-2-1-3-10-18/h4-8,11-13,18H,1-3,9-10H2,(H,23,25)(H,24,26). The highest BCUT2D eigenvalue weighted by molar-refractivity contribution is 6.06. The van der Waals surface area contributed by atoms with Crippen LogP contribution in [0.1, 0.15) is 58.4 Å². The molecule has 1 aliphatic rings. The lowest BCUT2D eigenvalue weighted by molar-refractivity contribution is 0.0927. The molecule has 0 radical (unpaired) electrons. The molecule has 0 aromatic heterocycles. The summed E-state index contributed by atoms with van der Waals surface area (Å²) in [6.07, 6.45) is 5.56. The zero-order valence-corrected chi connectivity index (χ0v) is 14.5. The normalized spacial score (nSPS) is 14.3. The van der Waals surface area contributed by atoms with Crippen LogP contribution in [-0.2, 0) is 0 Å². The molecule has 5 heteroatoms. The van der Waals surface area contributed by atoms with Crippen molar-refractivity contribution in [3.63, 3.8) is 0 Å². The van der Waals surface area contributed by atoms with Gasteiger partial charge in [-0.25, -0.2) is 0 Å². The fourth-order valence-electron chi connectivity index (χ4n) is 3.19. The summed E-state index contributed by atoms with van der Waals surface area (Å²) in [4.78, 5) is 24.9. The Balaban J connectivity index is 1.68. The van der Waals surface area contributed by atoms with Crippen molar-refractivity contribution >= 4 is 17.5 Å². The van der Waals surface area contributed by atoms with Crippen molar-refractivity contribution in [3.05, 3.63) is 65.2 Å². The van der Waals surface area contributed by atoms with Crippen molar-refractivity contribution in [2.75, 3.05) is 5.32 Å². The van der Waals surface area contributed by atoms with Gasteiger partial charge in [-0.05, 0) is 49.2 Å². The Bertz CT molecular complexity index is 848. The van der Waals surface area contributed by atoms with E-state index in [0.29, 0.717) is 22.4 Å². The van der Waals surface area contributed by atoms with Gasteiger partial charge < -0.3 is 10.6 Å². The number of hydrogen-bond acceptors (Lipinski definition) is 3. The summed E-state index contributed by atoms with van der Waals surface area (Å²) in [6.45, 7) is 0. The minimum Gasteiger partial charge on any atom is -0.349 e. The number of hydrogen-bond donors (Lipinski definition) is 2. The van der Waals surface area contributed by atoms with E-state index < -0.39 is 0 Å². The number of anilines is 1. The van der Waals surface area contributed by atoms with Crippen LogP contribution in [0.3, 0.4) is 0 Å². The van der Waals surface area contributed by atoms with Crippen LogP contribution in [0.15, 0.2) is 48.5 Å². The highest BCUT2D eigenvalue weighted by Gasteiger charge is 2.17. The summed E-state index contributed by atoms with van der Waals surface area (Å²) in [5.41, 5.74) is 1.91. The highest BCUT2D eigenvalue weighted by atomic mass is 16.2. The van der Waals surface area contributed by atoms with Crippen LogP contribution in [0.25, 0.3) is 0 Å². The van der Waals surface area contributed by atoms with Gasteiger partial charge in [0, 0.05) is 22.9 Å². The maximum absolute atomic E-state index is 12.5. The lowest BCUT2D eigenvalue weighted by Gasteiger charge is -2.22. The third-order valence-corrected chi connectivity index (χ3v) is 4.58. The second kappa shape index (κ2) is 8.30. The van der Waals surface area contributed by atoms with Crippen molar-refractivity contribution in [3.8, 4) is 6.07 Å². The monoisotopic (exact) mass is 347 g/mol. The number of rotatable bonds is 4. The summed E-state index contributed by atoms with van der Waals surface area (Å²) >= 11 is 0. The number of amides is 2. The third-order valence-electron chi connectivity index (χ3n) is 4.58. The predicted molar refractivity (Wildman–Crippen MR) is 99.9 cm³/mol. The van der Waals surface area contributed by atoms with Gasteiger partial charge in [-0.3, -0.25) is 9.59 Å². The van der Waals surface area contributed by atoms with E-state index in [2.05, 4.69) is 10.6 Å². The average Bonchev–Trinajstić information content (AvgIpc) is 2.69. The molecule has 2 amide bonds. The molecule has 2 N–H and O–H groups in total. The minimum absolute atomic E-state index is 0.141. The lowest BCUT2D eigenvalue weighted by Crippen LogP contribution is -2.36. The van der Waals surface area contributed by atoms with E-state index in [1.165, 1.54) is 6.42 Å². The molecule has 132 valence electrons. The summed E-state index contributed by atoms with van der Waals surface area (Å²) in [5, 5.41) is 14.8. The molecule has 0 heterocycles. The van der Waals surface area contributed by atoms with Crippen LogP contribution in [0.5, 0.6) is 0 Å². The van der Waals surface area contributed by atoms with Gasteiger partial charge in [-0.1, -0.05) is 31.4 Å². The van der Waals surface area contributed by atoms with E-state index in [1.54, 1.807) is 48.5 Å². The Labute approximate surface area is 153 Å². The molecule has 3 rings (SSSR count). The van der Waals surface area contributed by atoms with Gasteiger partial charge in [0.2, 0.25) is 0 Å². The molecule has 0 saturated heterocycles. The second-order valence-electron chi connectivity index (χ2n) is 6.54. The Kier molecular flexibility index (Phi) is 5.65. The van der Waals surface area contributed by atoms with Crippen molar-refractivity contribution in [2.24, 2.45) is 0 Å². The molecule has 1 aliphatic carbocycles. The fourth-order valence-corrected chi connectivity index (χ4v) is 3.19. The Hall–Kier alpha value is -3.13. The lowest BCUT2D eigenvalue weighted by atomic mass is 9.95. The fraction of sp³-hybridized carbons (Fsp3) is 0.286. The van der Waals surface area contributed by atoms with Crippen LogP contribution in [-0.4, -0.2) is 17.9 Å². The molecular formula is C21H21N3O2. The Morgan fingerprint density at radius 1 is 0.923 bits per heavy atom. The van der Waals surface area contributed by atoms with Gasteiger partial charge in [-0.15, -0.1) is 0 Å². The maximum atomic E-state index is 12.5. The molecule has 1 fully saturated rings. The molecule has 0 bridgehead atoms. The third kappa shape index (κ3) is 4.48. The van der Waals surface area contributed by atoms with E-state index in [-0.39, 0.29) is 17.9 Å². The zero-order chi connectivity index (χ0) is 18.4. The van der Waals surface area contributed by atoms with Crippen LogP contribution in [0.2, 0.25) is 0 Å². The van der Waals surface area contributed by atoms with E-state index >= 15 is 0 Å². The van der Waals surface area contributed by atoms with Crippen LogP contribution in [0, 0.1) is 11.3 Å². The maximum Gasteiger partial charge on any atom is 0.255 e. The second-order valence-corrected chi connectivity index (χ2v) is 6.54. The van der Waals surface area contributed by atoms with Gasteiger partial charge in [0.1, 0.15) is 0 Å². The van der Waals surface area contributed by atoms with E-state index in [0.717, 1.165) is 25.7 Å². The smallest absolute Gasteiger partial charge is 0.255 e. The van der Waals surface area contributed by atoms with Crippen molar-refractivity contribution in [1.29, 1.82) is 5.26 Å². The van der Waals surface area contributed by atoms with Crippen molar-refractivity contribution < 1.29 is 9.59 Å². The SMILES string of the molecule is N#Cc1cccc(NC(=O)c2cccc(C(=O)NC3CCCCC3)c2)c1. The van der Waals surface area contributed by atoms with Crippen LogP contribution >= 0.6 is 0 Å². The van der Waals surface area contributed by atoms with Crippen molar-refractivity contribution in [2.45, 2.75) is 38.1 Å². The van der Waals surface area contributed by atoms with Gasteiger partial charge >= 0.3 is 0 Å². The molecule has 5 nitrogen and oxygen atoms in total. The Morgan fingerprint density at radius 2 is 1.62 bits per heavy atom. The summed E-state index contributed by atoms with van der Waals surface area (Å²) in [6, 6.07) is 15.7. The number of benzene rings is 2. The first-order valence-electron chi connectivity index (χ1n) is 8.88. The number of carbonyl (C=O) groups is 2. The molecule has 2 aromatic rings. The quantitative estimate of drug-likeness (QED) is 0.881. The van der Waals surface area contributed by atoms with Crippen molar-refractivity contribution in [1.82, 2.24) is 5.32 Å².